The molecule has 6 heteroatoms. The molecule has 0 unspecified atom stereocenters. The predicted octanol–water partition coefficient (Wildman–Crippen LogP) is 2.12. The van der Waals surface area contributed by atoms with Gasteiger partial charge in [-0.05, 0) is 36.4 Å². The van der Waals surface area contributed by atoms with E-state index in [1.165, 1.54) is 24.3 Å². The maximum absolute atomic E-state index is 12.3. The quantitative estimate of drug-likeness (QED) is 0.518. The Balaban J connectivity index is 1.97. The number of rotatable bonds is 2. The summed E-state index contributed by atoms with van der Waals surface area (Å²) in [5, 5.41) is 8.30. The van der Waals surface area contributed by atoms with Crippen molar-refractivity contribution in [1.82, 2.24) is 0 Å². The maximum Gasteiger partial charge on any atom is 0.372 e. The number of nitrogens with zero attached hydrogens (tertiary/aromatic N) is 1. The first-order chi connectivity index (χ1) is 10.1. The summed E-state index contributed by atoms with van der Waals surface area (Å²) >= 11 is 0. The van der Waals surface area contributed by atoms with Gasteiger partial charge < -0.3 is 0 Å². The summed E-state index contributed by atoms with van der Waals surface area (Å²) in [4.78, 5) is 40.3. The summed E-state index contributed by atoms with van der Waals surface area (Å²) in [6.07, 6.45) is 0. The van der Waals surface area contributed by atoms with Crippen molar-refractivity contribution in [2.75, 3.05) is 4.90 Å². The van der Waals surface area contributed by atoms with Gasteiger partial charge in [0, 0.05) is 0 Å². The Morgan fingerprint density at radius 1 is 0.905 bits per heavy atom. The normalized spacial score (nSPS) is 13.3. The number of carbonyl (C=O) groups excluding carboxylic acids is 3. The predicted molar refractivity (Wildman–Crippen MR) is 72.1 cm³/mol. The van der Waals surface area contributed by atoms with Gasteiger partial charge in [0.25, 0.3) is 11.8 Å². The monoisotopic (exact) mass is 283 g/mol. The molecule has 2 amide bonds. The van der Waals surface area contributed by atoms with Crippen LogP contribution in [-0.2, 0) is 4.89 Å². The molecule has 3 rings (SSSR count). The van der Waals surface area contributed by atoms with Crippen molar-refractivity contribution in [3.8, 4) is 0 Å². The minimum absolute atomic E-state index is 0.109. The highest BCUT2D eigenvalue weighted by molar-refractivity contribution is 6.34. The van der Waals surface area contributed by atoms with E-state index in [0.717, 1.165) is 4.90 Å². The van der Waals surface area contributed by atoms with Gasteiger partial charge in [0.05, 0.1) is 22.4 Å². The summed E-state index contributed by atoms with van der Waals surface area (Å²) < 4.78 is 0. The van der Waals surface area contributed by atoms with E-state index in [1.807, 2.05) is 0 Å². The number of benzene rings is 2. The largest absolute Gasteiger partial charge is 0.372 e. The Morgan fingerprint density at radius 3 is 1.90 bits per heavy atom. The van der Waals surface area contributed by atoms with Crippen LogP contribution in [0.2, 0.25) is 0 Å². The lowest BCUT2D eigenvalue weighted by atomic mass is 10.1. The zero-order chi connectivity index (χ0) is 15.0. The van der Waals surface area contributed by atoms with E-state index in [1.54, 1.807) is 24.3 Å². The fraction of sp³-hybridized carbons (Fsp3) is 0. The van der Waals surface area contributed by atoms with Crippen LogP contribution in [0.15, 0.2) is 48.5 Å². The van der Waals surface area contributed by atoms with Crippen LogP contribution in [0.5, 0.6) is 0 Å². The molecule has 1 aliphatic heterocycles. The van der Waals surface area contributed by atoms with Crippen LogP contribution in [0.25, 0.3) is 0 Å². The van der Waals surface area contributed by atoms with E-state index < -0.39 is 17.8 Å². The van der Waals surface area contributed by atoms with Gasteiger partial charge >= 0.3 is 5.97 Å². The molecule has 6 nitrogen and oxygen atoms in total. The lowest BCUT2D eigenvalue weighted by Crippen LogP contribution is -2.29. The van der Waals surface area contributed by atoms with Gasteiger partial charge in [-0.2, -0.15) is 5.26 Å². The van der Waals surface area contributed by atoms with Gasteiger partial charge in [-0.1, -0.05) is 12.1 Å². The van der Waals surface area contributed by atoms with Crippen molar-refractivity contribution in [3.05, 3.63) is 65.2 Å². The third-order valence-corrected chi connectivity index (χ3v) is 3.24. The summed E-state index contributed by atoms with van der Waals surface area (Å²) in [7, 11) is 0. The number of anilines is 1. The highest BCUT2D eigenvalue weighted by atomic mass is 17.1. The molecule has 0 radical (unpaired) electrons. The molecule has 0 fully saturated rings. The summed E-state index contributed by atoms with van der Waals surface area (Å²) in [6.45, 7) is 0. The Bertz CT molecular complexity index is 716. The lowest BCUT2D eigenvalue weighted by molar-refractivity contribution is -0.182. The Morgan fingerprint density at radius 2 is 1.43 bits per heavy atom. The minimum atomic E-state index is -0.913. The zero-order valence-corrected chi connectivity index (χ0v) is 10.6. The first-order valence-electron chi connectivity index (χ1n) is 6.07. The van der Waals surface area contributed by atoms with Crippen LogP contribution < -0.4 is 4.90 Å². The summed E-state index contributed by atoms with van der Waals surface area (Å²) in [6, 6.07) is 12.2. The highest BCUT2D eigenvalue weighted by Gasteiger charge is 2.36. The Hall–Kier alpha value is -2.99. The van der Waals surface area contributed by atoms with Crippen LogP contribution in [0, 0.1) is 0 Å². The fourth-order valence-corrected chi connectivity index (χ4v) is 2.22. The van der Waals surface area contributed by atoms with Crippen molar-refractivity contribution >= 4 is 23.5 Å². The molecule has 1 N–H and O–H groups in total. The maximum atomic E-state index is 12.3. The van der Waals surface area contributed by atoms with Gasteiger partial charge in [0.2, 0.25) is 0 Å². The molecule has 0 aromatic heterocycles. The summed E-state index contributed by atoms with van der Waals surface area (Å²) in [5.41, 5.74) is 1.15. The topological polar surface area (TPSA) is 83.9 Å². The van der Waals surface area contributed by atoms with E-state index in [0.29, 0.717) is 16.8 Å². The number of fused-ring (bicyclic) bond motifs is 1. The Labute approximate surface area is 119 Å². The smallest absolute Gasteiger partial charge is 0.296 e. The number of imide groups is 1. The molecule has 0 aliphatic carbocycles. The number of hydrogen-bond donors (Lipinski definition) is 1. The molecular weight excluding hydrogens is 274 g/mol. The number of amides is 2. The van der Waals surface area contributed by atoms with Gasteiger partial charge in [0.15, 0.2) is 0 Å². The summed E-state index contributed by atoms with van der Waals surface area (Å²) in [5.74, 6) is -1.73. The molecule has 0 atom stereocenters. The van der Waals surface area contributed by atoms with E-state index >= 15 is 0 Å². The van der Waals surface area contributed by atoms with Gasteiger partial charge in [-0.25, -0.2) is 9.69 Å². The molecule has 0 saturated heterocycles. The molecule has 2 aromatic rings. The van der Waals surface area contributed by atoms with Crippen LogP contribution in [0.4, 0.5) is 5.69 Å². The lowest BCUT2D eigenvalue weighted by Gasteiger charge is -2.13. The van der Waals surface area contributed by atoms with Crippen LogP contribution >= 0.6 is 0 Å². The standard InChI is InChI=1S/C15H9NO5/c17-13-11-3-1-2-4-12(11)14(18)16(13)10-7-5-9(6-8-10)15(19)21-20/h1-8,20H. The van der Waals surface area contributed by atoms with E-state index in [9.17, 15) is 14.4 Å². The second-order valence-corrected chi connectivity index (χ2v) is 4.42. The Kier molecular flexibility index (Phi) is 3.00. The van der Waals surface area contributed by atoms with Crippen molar-refractivity contribution < 1.29 is 24.5 Å². The van der Waals surface area contributed by atoms with E-state index in [-0.39, 0.29) is 5.56 Å². The van der Waals surface area contributed by atoms with Crippen molar-refractivity contribution in [1.29, 1.82) is 0 Å². The zero-order valence-electron chi connectivity index (χ0n) is 10.6. The number of hydrogen-bond acceptors (Lipinski definition) is 5. The third-order valence-electron chi connectivity index (χ3n) is 3.24. The van der Waals surface area contributed by atoms with Crippen molar-refractivity contribution in [2.24, 2.45) is 0 Å². The molecule has 0 saturated carbocycles. The van der Waals surface area contributed by atoms with Crippen molar-refractivity contribution in [2.45, 2.75) is 0 Å². The second kappa shape index (κ2) is 4.84. The molecule has 0 bridgehead atoms. The van der Waals surface area contributed by atoms with Crippen LogP contribution in [0.1, 0.15) is 31.1 Å². The molecule has 1 heterocycles. The van der Waals surface area contributed by atoms with Gasteiger partial charge in [-0.15, -0.1) is 0 Å². The van der Waals surface area contributed by atoms with Crippen LogP contribution in [0.3, 0.4) is 0 Å². The average molecular weight is 283 g/mol. The molecule has 21 heavy (non-hydrogen) atoms. The molecule has 2 aromatic carbocycles. The minimum Gasteiger partial charge on any atom is -0.296 e. The number of carbonyl (C=O) groups is 3. The van der Waals surface area contributed by atoms with Crippen LogP contribution in [-0.4, -0.2) is 23.0 Å². The first kappa shape index (κ1) is 13.0. The third kappa shape index (κ3) is 1.98. The molecular formula is C15H9NO5. The van der Waals surface area contributed by atoms with Gasteiger partial charge in [0.1, 0.15) is 0 Å². The van der Waals surface area contributed by atoms with E-state index in [4.69, 9.17) is 5.26 Å². The van der Waals surface area contributed by atoms with Gasteiger partial charge in [-0.3, -0.25) is 14.5 Å². The molecule has 104 valence electrons. The van der Waals surface area contributed by atoms with Crippen molar-refractivity contribution in [3.63, 3.8) is 0 Å². The molecule has 1 aliphatic rings. The fourth-order valence-electron chi connectivity index (χ4n) is 2.22. The highest BCUT2D eigenvalue weighted by Crippen LogP contribution is 2.28. The SMILES string of the molecule is O=C(OO)c1ccc(N2C(=O)c3ccccc3C2=O)cc1. The van der Waals surface area contributed by atoms with E-state index in [2.05, 4.69) is 4.89 Å². The second-order valence-electron chi connectivity index (χ2n) is 4.42. The first-order valence-corrected chi connectivity index (χ1v) is 6.07. The molecule has 0 spiro atoms. The average Bonchev–Trinajstić information content (AvgIpc) is 2.79.